The minimum atomic E-state index is 0.393. The summed E-state index contributed by atoms with van der Waals surface area (Å²) in [4.78, 5) is 8.98. The number of anilines is 1. The zero-order chi connectivity index (χ0) is 14.3. The summed E-state index contributed by atoms with van der Waals surface area (Å²) in [7, 11) is 1.63. The van der Waals surface area contributed by atoms with Crippen LogP contribution in [-0.2, 0) is 0 Å². The van der Waals surface area contributed by atoms with E-state index in [1.54, 1.807) is 7.11 Å². The Bertz CT molecular complexity index is 622. The summed E-state index contributed by atoms with van der Waals surface area (Å²) in [6.07, 6.45) is 3.63. The predicted octanol–water partition coefficient (Wildman–Crippen LogP) is 3.02. The standard InChI is InChI=1S/C15H22N4O/c1-4-10-5-7-12(9(10)2)19-14-11(17-15(19)16)6-8-13(18-14)20-3/h6,8-10,12H,4-5,7H2,1-3H3,(H2,16,17). The molecule has 1 saturated carbocycles. The van der Waals surface area contributed by atoms with Gasteiger partial charge in [0.1, 0.15) is 5.52 Å². The van der Waals surface area contributed by atoms with Crippen LogP contribution in [-0.4, -0.2) is 21.6 Å². The smallest absolute Gasteiger partial charge is 0.215 e. The summed E-state index contributed by atoms with van der Waals surface area (Å²) in [5.74, 6) is 2.54. The van der Waals surface area contributed by atoms with Gasteiger partial charge in [-0.25, -0.2) is 4.98 Å². The second-order valence-corrected chi connectivity index (χ2v) is 5.71. The van der Waals surface area contributed by atoms with Crippen LogP contribution in [0, 0.1) is 11.8 Å². The molecule has 2 aromatic rings. The van der Waals surface area contributed by atoms with E-state index < -0.39 is 0 Å². The number of hydrogen-bond acceptors (Lipinski definition) is 4. The molecule has 2 aromatic heterocycles. The van der Waals surface area contributed by atoms with Crippen LogP contribution in [0.5, 0.6) is 5.88 Å². The van der Waals surface area contributed by atoms with Crippen molar-refractivity contribution in [3.05, 3.63) is 12.1 Å². The highest BCUT2D eigenvalue weighted by Crippen LogP contribution is 2.43. The Morgan fingerprint density at radius 2 is 2.15 bits per heavy atom. The first-order valence-electron chi connectivity index (χ1n) is 7.34. The fourth-order valence-electron chi connectivity index (χ4n) is 3.58. The number of ether oxygens (including phenoxy) is 1. The quantitative estimate of drug-likeness (QED) is 0.934. The van der Waals surface area contributed by atoms with Gasteiger partial charge in [0.2, 0.25) is 11.8 Å². The molecule has 0 aromatic carbocycles. The molecule has 0 radical (unpaired) electrons. The van der Waals surface area contributed by atoms with Gasteiger partial charge >= 0.3 is 0 Å². The minimum Gasteiger partial charge on any atom is -0.481 e. The van der Waals surface area contributed by atoms with Crippen molar-refractivity contribution < 1.29 is 4.74 Å². The van der Waals surface area contributed by atoms with Gasteiger partial charge in [0.15, 0.2) is 5.65 Å². The van der Waals surface area contributed by atoms with Crippen molar-refractivity contribution in [2.45, 2.75) is 39.2 Å². The summed E-state index contributed by atoms with van der Waals surface area (Å²) in [6.45, 7) is 4.58. The van der Waals surface area contributed by atoms with E-state index in [4.69, 9.17) is 10.5 Å². The largest absolute Gasteiger partial charge is 0.481 e. The van der Waals surface area contributed by atoms with Crippen LogP contribution >= 0.6 is 0 Å². The SMILES string of the molecule is CCC1CCC(n2c(N)nc3ccc(OC)nc32)C1C. The van der Waals surface area contributed by atoms with Crippen LogP contribution in [0.25, 0.3) is 11.2 Å². The lowest BCUT2D eigenvalue weighted by Crippen LogP contribution is -2.17. The van der Waals surface area contributed by atoms with E-state index in [9.17, 15) is 0 Å². The molecule has 1 aliphatic carbocycles. The molecule has 0 aliphatic heterocycles. The van der Waals surface area contributed by atoms with Gasteiger partial charge in [-0.3, -0.25) is 4.57 Å². The highest BCUT2D eigenvalue weighted by Gasteiger charge is 2.34. The zero-order valence-corrected chi connectivity index (χ0v) is 12.3. The monoisotopic (exact) mass is 274 g/mol. The average Bonchev–Trinajstić information content (AvgIpc) is 2.97. The molecule has 5 heteroatoms. The number of rotatable bonds is 3. The molecule has 0 saturated heterocycles. The maximum absolute atomic E-state index is 6.14. The topological polar surface area (TPSA) is 66.0 Å². The molecule has 2 N–H and O–H groups in total. The number of fused-ring (bicyclic) bond motifs is 1. The summed E-state index contributed by atoms with van der Waals surface area (Å²) >= 11 is 0. The number of aromatic nitrogens is 3. The highest BCUT2D eigenvalue weighted by molar-refractivity contribution is 5.75. The van der Waals surface area contributed by atoms with Crippen LogP contribution in [0.2, 0.25) is 0 Å². The zero-order valence-electron chi connectivity index (χ0n) is 12.3. The minimum absolute atomic E-state index is 0.393. The van der Waals surface area contributed by atoms with E-state index in [1.165, 1.54) is 12.8 Å². The third kappa shape index (κ3) is 1.92. The summed E-state index contributed by atoms with van der Waals surface area (Å²) in [5, 5.41) is 0. The lowest BCUT2D eigenvalue weighted by atomic mass is 9.93. The van der Waals surface area contributed by atoms with E-state index in [-0.39, 0.29) is 0 Å². The highest BCUT2D eigenvalue weighted by atomic mass is 16.5. The molecule has 0 amide bonds. The maximum atomic E-state index is 6.14. The summed E-state index contributed by atoms with van der Waals surface area (Å²) in [6, 6.07) is 4.14. The van der Waals surface area contributed by atoms with Crippen molar-refractivity contribution in [1.82, 2.24) is 14.5 Å². The van der Waals surface area contributed by atoms with Crippen LogP contribution in [0.3, 0.4) is 0 Å². The molecule has 3 unspecified atom stereocenters. The van der Waals surface area contributed by atoms with Crippen LogP contribution in [0.15, 0.2) is 12.1 Å². The van der Waals surface area contributed by atoms with Gasteiger partial charge < -0.3 is 10.5 Å². The van der Waals surface area contributed by atoms with E-state index in [2.05, 4.69) is 28.4 Å². The fourth-order valence-corrected chi connectivity index (χ4v) is 3.58. The molecule has 108 valence electrons. The molecule has 1 fully saturated rings. The van der Waals surface area contributed by atoms with E-state index in [0.29, 0.717) is 23.8 Å². The Morgan fingerprint density at radius 3 is 2.80 bits per heavy atom. The number of nitrogen functional groups attached to an aromatic ring is 1. The molecule has 0 spiro atoms. The molecule has 0 bridgehead atoms. The first-order chi connectivity index (χ1) is 9.65. The Morgan fingerprint density at radius 1 is 1.35 bits per heavy atom. The van der Waals surface area contributed by atoms with Crippen molar-refractivity contribution in [2.75, 3.05) is 12.8 Å². The van der Waals surface area contributed by atoms with Crippen LogP contribution in [0.1, 0.15) is 39.2 Å². The van der Waals surface area contributed by atoms with Gasteiger partial charge in [0.05, 0.1) is 7.11 Å². The molecule has 3 atom stereocenters. The Hall–Kier alpha value is -1.78. The van der Waals surface area contributed by atoms with Gasteiger partial charge in [-0.1, -0.05) is 20.3 Å². The maximum Gasteiger partial charge on any atom is 0.215 e. The molecule has 2 heterocycles. The van der Waals surface area contributed by atoms with Gasteiger partial charge in [0, 0.05) is 12.1 Å². The second-order valence-electron chi connectivity index (χ2n) is 5.71. The molecule has 3 rings (SSSR count). The summed E-state index contributed by atoms with van der Waals surface area (Å²) < 4.78 is 7.33. The normalized spacial score (nSPS) is 26.2. The van der Waals surface area contributed by atoms with Crippen molar-refractivity contribution in [3.8, 4) is 5.88 Å². The average molecular weight is 274 g/mol. The first-order valence-corrected chi connectivity index (χ1v) is 7.34. The molecule has 1 aliphatic rings. The van der Waals surface area contributed by atoms with Gasteiger partial charge in [-0.15, -0.1) is 0 Å². The number of imidazole rings is 1. The van der Waals surface area contributed by atoms with Crippen molar-refractivity contribution in [2.24, 2.45) is 11.8 Å². The number of methoxy groups -OCH3 is 1. The lowest BCUT2D eigenvalue weighted by Gasteiger charge is -2.22. The van der Waals surface area contributed by atoms with Gasteiger partial charge in [-0.05, 0) is 30.7 Å². The Kier molecular flexibility index (Phi) is 3.28. The first kappa shape index (κ1) is 13.2. The molecular formula is C15H22N4O. The number of hydrogen-bond donors (Lipinski definition) is 1. The van der Waals surface area contributed by atoms with Crippen molar-refractivity contribution >= 4 is 17.1 Å². The third-order valence-corrected chi connectivity index (χ3v) is 4.79. The number of pyridine rings is 1. The van der Waals surface area contributed by atoms with Gasteiger partial charge in [0.25, 0.3) is 0 Å². The molecule has 5 nitrogen and oxygen atoms in total. The number of nitrogens with two attached hydrogens (primary N) is 1. The summed E-state index contributed by atoms with van der Waals surface area (Å²) in [5.41, 5.74) is 7.83. The van der Waals surface area contributed by atoms with Gasteiger partial charge in [-0.2, -0.15) is 4.98 Å². The van der Waals surface area contributed by atoms with Crippen LogP contribution in [0.4, 0.5) is 5.95 Å². The Balaban J connectivity index is 2.08. The van der Waals surface area contributed by atoms with E-state index >= 15 is 0 Å². The van der Waals surface area contributed by atoms with Crippen molar-refractivity contribution in [3.63, 3.8) is 0 Å². The lowest BCUT2D eigenvalue weighted by molar-refractivity contribution is 0.334. The van der Waals surface area contributed by atoms with Crippen molar-refractivity contribution in [1.29, 1.82) is 0 Å². The van der Waals surface area contributed by atoms with E-state index in [0.717, 1.165) is 23.5 Å². The van der Waals surface area contributed by atoms with E-state index in [1.807, 2.05) is 12.1 Å². The predicted molar refractivity (Wildman–Crippen MR) is 79.7 cm³/mol. The second kappa shape index (κ2) is 4.96. The fraction of sp³-hybridized carbons (Fsp3) is 0.600. The molecule has 20 heavy (non-hydrogen) atoms. The third-order valence-electron chi connectivity index (χ3n) is 4.79. The Labute approximate surface area is 119 Å². The van der Waals surface area contributed by atoms with Crippen LogP contribution < -0.4 is 10.5 Å². The number of nitrogens with zero attached hydrogens (tertiary/aromatic N) is 3. The molecular weight excluding hydrogens is 252 g/mol.